The number of amidine groups is 1. The molecule has 0 amide bonds. The largest absolute Gasteiger partial charge is 0.311 e. The molecule has 0 aromatic heterocycles. The van der Waals surface area contributed by atoms with Crippen molar-refractivity contribution < 1.29 is 0 Å². The van der Waals surface area contributed by atoms with Gasteiger partial charge < -0.3 is 5.43 Å². The molecule has 3 N–H and O–H groups in total. The number of rotatable bonds is 4. The molecule has 0 spiro atoms. The Labute approximate surface area is 105 Å². The van der Waals surface area contributed by atoms with E-state index in [2.05, 4.69) is 22.2 Å². The highest BCUT2D eigenvalue weighted by Gasteiger charge is 2.09. The molecule has 0 bridgehead atoms. The molecule has 1 heterocycles. The average molecular weight is 238 g/mol. The summed E-state index contributed by atoms with van der Waals surface area (Å²) in [6.07, 6.45) is 11.6. The number of nitrogens with zero attached hydrogens (tertiary/aromatic N) is 2. The fourth-order valence-electron chi connectivity index (χ4n) is 2.05. The highest BCUT2D eigenvalue weighted by Crippen LogP contribution is 2.09. The van der Waals surface area contributed by atoms with Crippen LogP contribution in [0.3, 0.4) is 0 Å². The zero-order valence-corrected chi connectivity index (χ0v) is 11.0. The number of aliphatic imine (C=N–C) groups is 1. The number of allylic oxidation sites excluding steroid dienone is 1. The molecule has 1 rings (SSSR count). The Morgan fingerprint density at radius 3 is 2.47 bits per heavy atom. The summed E-state index contributed by atoms with van der Waals surface area (Å²) in [7, 11) is 0. The molecule has 0 aromatic carbocycles. The highest BCUT2D eigenvalue weighted by atomic mass is 15.3. The van der Waals surface area contributed by atoms with E-state index >= 15 is 0 Å². The summed E-state index contributed by atoms with van der Waals surface area (Å²) < 4.78 is 0. The van der Waals surface area contributed by atoms with Crippen LogP contribution < -0.4 is 11.3 Å². The number of hydrazine groups is 1. The normalized spacial score (nSPS) is 20.2. The summed E-state index contributed by atoms with van der Waals surface area (Å²) in [5.74, 6) is 6.36. The van der Waals surface area contributed by atoms with E-state index in [1.54, 1.807) is 0 Å². The molecular weight excluding hydrogens is 212 g/mol. The molecule has 1 aliphatic rings. The van der Waals surface area contributed by atoms with Crippen LogP contribution in [-0.2, 0) is 0 Å². The molecular formula is C13H26N4. The predicted octanol–water partition coefficient (Wildman–Crippen LogP) is 2.04. The van der Waals surface area contributed by atoms with Crippen LogP contribution >= 0.6 is 0 Å². The fraction of sp³-hybridized carbons (Fsp3) is 0.769. The van der Waals surface area contributed by atoms with Crippen LogP contribution in [0.1, 0.15) is 45.4 Å². The molecule has 1 aliphatic heterocycles. The molecule has 0 aromatic rings. The van der Waals surface area contributed by atoms with Gasteiger partial charge in [0.25, 0.3) is 0 Å². The van der Waals surface area contributed by atoms with Gasteiger partial charge in [-0.05, 0) is 32.4 Å². The highest BCUT2D eigenvalue weighted by molar-refractivity contribution is 5.84. The number of hydrogen-bond donors (Lipinski definition) is 2. The van der Waals surface area contributed by atoms with Crippen molar-refractivity contribution in [1.82, 2.24) is 10.3 Å². The molecule has 17 heavy (non-hydrogen) atoms. The summed E-state index contributed by atoms with van der Waals surface area (Å²) in [5.41, 5.74) is 2.70. The third kappa shape index (κ3) is 6.44. The Kier molecular flexibility index (Phi) is 7.67. The third-order valence-electron chi connectivity index (χ3n) is 3.06. The second-order valence-corrected chi connectivity index (χ2v) is 4.56. The Balaban J connectivity index is 2.41. The van der Waals surface area contributed by atoms with E-state index < -0.39 is 0 Å². The maximum absolute atomic E-state index is 5.50. The topological polar surface area (TPSA) is 53.6 Å². The van der Waals surface area contributed by atoms with Crippen molar-refractivity contribution in [1.29, 1.82) is 0 Å². The molecule has 4 heteroatoms. The van der Waals surface area contributed by atoms with E-state index in [1.807, 2.05) is 12.3 Å². The minimum Gasteiger partial charge on any atom is -0.311 e. The molecule has 0 aliphatic carbocycles. The van der Waals surface area contributed by atoms with Crippen molar-refractivity contribution in [3.05, 3.63) is 12.3 Å². The lowest BCUT2D eigenvalue weighted by Crippen LogP contribution is -2.41. The van der Waals surface area contributed by atoms with E-state index in [4.69, 9.17) is 5.84 Å². The van der Waals surface area contributed by atoms with Crippen LogP contribution in [-0.4, -0.2) is 30.4 Å². The van der Waals surface area contributed by atoms with Gasteiger partial charge in [-0.25, -0.2) is 10.8 Å². The zero-order chi connectivity index (χ0) is 12.3. The number of likely N-dealkylation sites (tertiary alicyclic amines) is 1. The van der Waals surface area contributed by atoms with Gasteiger partial charge in [0.2, 0.25) is 0 Å². The Hall–Kier alpha value is -0.870. The van der Waals surface area contributed by atoms with Crippen molar-refractivity contribution in [3.63, 3.8) is 0 Å². The first kappa shape index (κ1) is 14.2. The van der Waals surface area contributed by atoms with Gasteiger partial charge in [0.1, 0.15) is 5.84 Å². The van der Waals surface area contributed by atoms with Crippen molar-refractivity contribution >= 4 is 5.84 Å². The lowest BCUT2D eigenvalue weighted by Gasteiger charge is -2.24. The van der Waals surface area contributed by atoms with Gasteiger partial charge in [-0.3, -0.25) is 4.90 Å². The van der Waals surface area contributed by atoms with Gasteiger partial charge in [0.05, 0.1) is 6.54 Å². The summed E-state index contributed by atoms with van der Waals surface area (Å²) in [4.78, 5) is 6.78. The minimum atomic E-state index is 0.838. The predicted molar refractivity (Wildman–Crippen MR) is 73.7 cm³/mol. The second kappa shape index (κ2) is 9.19. The van der Waals surface area contributed by atoms with Crippen LogP contribution in [0, 0.1) is 0 Å². The van der Waals surface area contributed by atoms with Crippen LogP contribution in [0.2, 0.25) is 0 Å². The lowest BCUT2D eigenvalue weighted by atomic mass is 10.1. The van der Waals surface area contributed by atoms with Crippen molar-refractivity contribution in [2.24, 2.45) is 10.8 Å². The number of hydrogen-bond acceptors (Lipinski definition) is 3. The van der Waals surface area contributed by atoms with Gasteiger partial charge in [0, 0.05) is 6.20 Å². The molecule has 1 fully saturated rings. The van der Waals surface area contributed by atoms with Gasteiger partial charge >= 0.3 is 0 Å². The SMILES string of the molecule is CC/C=C\N=C(CN1CCCCCCC1)NN. The monoisotopic (exact) mass is 238 g/mol. The van der Waals surface area contributed by atoms with Crippen LogP contribution in [0.15, 0.2) is 17.3 Å². The third-order valence-corrected chi connectivity index (χ3v) is 3.06. The second-order valence-electron chi connectivity index (χ2n) is 4.56. The zero-order valence-electron chi connectivity index (χ0n) is 11.0. The van der Waals surface area contributed by atoms with Gasteiger partial charge in [-0.2, -0.15) is 0 Å². The standard InChI is InChI=1S/C13H26N4/c1-2-3-9-15-13(16-14)12-17-10-7-5-4-6-8-11-17/h3,9H,2,4-8,10-12,14H2,1H3,(H,15,16)/b9-3-. The first-order valence-electron chi connectivity index (χ1n) is 6.77. The van der Waals surface area contributed by atoms with Gasteiger partial charge in [-0.1, -0.05) is 32.3 Å². The van der Waals surface area contributed by atoms with Crippen molar-refractivity contribution in [3.8, 4) is 0 Å². The average Bonchev–Trinajstić information content (AvgIpc) is 2.30. The number of nitrogens with one attached hydrogen (secondary N) is 1. The Morgan fingerprint density at radius 2 is 1.88 bits per heavy atom. The number of nitrogens with two attached hydrogens (primary N) is 1. The van der Waals surface area contributed by atoms with Crippen molar-refractivity contribution in [2.75, 3.05) is 19.6 Å². The first-order valence-corrected chi connectivity index (χ1v) is 6.77. The van der Waals surface area contributed by atoms with E-state index in [9.17, 15) is 0 Å². The van der Waals surface area contributed by atoms with Crippen LogP contribution in [0.5, 0.6) is 0 Å². The van der Waals surface area contributed by atoms with Crippen molar-refractivity contribution in [2.45, 2.75) is 45.4 Å². The van der Waals surface area contributed by atoms with E-state index in [0.717, 1.165) is 31.9 Å². The smallest absolute Gasteiger partial charge is 0.130 e. The maximum Gasteiger partial charge on any atom is 0.130 e. The van der Waals surface area contributed by atoms with Crippen LogP contribution in [0.25, 0.3) is 0 Å². The van der Waals surface area contributed by atoms with E-state index in [0.29, 0.717) is 0 Å². The van der Waals surface area contributed by atoms with E-state index in [1.165, 1.54) is 32.1 Å². The first-order chi connectivity index (χ1) is 8.36. The van der Waals surface area contributed by atoms with Crippen LogP contribution in [0.4, 0.5) is 0 Å². The Morgan fingerprint density at radius 1 is 1.24 bits per heavy atom. The maximum atomic E-state index is 5.50. The molecule has 1 saturated heterocycles. The summed E-state index contributed by atoms with van der Waals surface area (Å²) in [5, 5.41) is 0. The summed E-state index contributed by atoms with van der Waals surface area (Å²) >= 11 is 0. The molecule has 4 nitrogen and oxygen atoms in total. The molecule has 0 radical (unpaired) electrons. The summed E-state index contributed by atoms with van der Waals surface area (Å²) in [6.45, 7) is 5.26. The van der Waals surface area contributed by atoms with Gasteiger partial charge in [-0.15, -0.1) is 0 Å². The van der Waals surface area contributed by atoms with E-state index in [-0.39, 0.29) is 0 Å². The molecule has 0 atom stereocenters. The van der Waals surface area contributed by atoms with Gasteiger partial charge in [0.15, 0.2) is 0 Å². The minimum absolute atomic E-state index is 0.838. The quantitative estimate of drug-likeness (QED) is 0.341. The lowest BCUT2D eigenvalue weighted by molar-refractivity contribution is 0.276. The molecule has 0 unspecified atom stereocenters. The molecule has 0 saturated carbocycles. The Bertz CT molecular complexity index is 240. The molecule has 98 valence electrons. The fourth-order valence-corrected chi connectivity index (χ4v) is 2.05. The summed E-state index contributed by atoms with van der Waals surface area (Å²) in [6, 6.07) is 0.